The van der Waals surface area contributed by atoms with Crippen LogP contribution < -0.4 is 25.7 Å². The number of ketones is 1. The molecule has 51 heavy (non-hydrogen) atoms. The Labute approximate surface area is 314 Å². The minimum absolute atomic E-state index is 0. The predicted molar refractivity (Wildman–Crippen MR) is 197 cm³/mol. The molecule has 1 aliphatic carbocycles. The predicted octanol–water partition coefficient (Wildman–Crippen LogP) is 4.83. The Morgan fingerprint density at radius 3 is 2.35 bits per heavy atom. The van der Waals surface area contributed by atoms with Gasteiger partial charge in [-0.15, -0.1) is 40.1 Å². The Balaban J connectivity index is 0.00000504. The second-order valence-electron chi connectivity index (χ2n) is 13.4. The van der Waals surface area contributed by atoms with Crippen molar-refractivity contribution in [1.29, 1.82) is 0 Å². The van der Waals surface area contributed by atoms with Gasteiger partial charge < -0.3 is 34.8 Å². The number of aliphatic hydroxyl groups is 1. The average Bonchev–Trinajstić information content (AvgIpc) is 3.81. The Hall–Kier alpha value is -4.48. The van der Waals surface area contributed by atoms with E-state index in [1.54, 1.807) is 6.08 Å². The van der Waals surface area contributed by atoms with E-state index in [9.17, 15) is 19.5 Å². The number of nitrogens with zero attached hydrogens (tertiary/aromatic N) is 4. The molecule has 1 fully saturated rings. The van der Waals surface area contributed by atoms with Crippen molar-refractivity contribution in [3.63, 3.8) is 0 Å². The van der Waals surface area contributed by atoms with Crippen LogP contribution >= 0.6 is 0 Å². The molecule has 0 unspecified atom stereocenters. The molecule has 262 valence electrons. The van der Waals surface area contributed by atoms with Crippen molar-refractivity contribution in [3.05, 3.63) is 102 Å². The summed E-state index contributed by atoms with van der Waals surface area (Å²) in [6.07, 6.45) is 10.1. The summed E-state index contributed by atoms with van der Waals surface area (Å²) in [7, 11) is 1.27. The van der Waals surface area contributed by atoms with Crippen molar-refractivity contribution in [2.24, 2.45) is 17.8 Å². The average molecular weight is 699 g/mol. The Bertz CT molecular complexity index is 2160. The van der Waals surface area contributed by atoms with Crippen LogP contribution in [0, 0.1) is 38.5 Å². The number of aromatic nitrogens is 3. The number of carbonyl (C=O) groups excluding carboxylic acids is 3. The van der Waals surface area contributed by atoms with Gasteiger partial charge in [0.1, 0.15) is 5.92 Å². The first-order valence-electron chi connectivity index (χ1n) is 17.0. The Morgan fingerprint density at radius 2 is 1.69 bits per heavy atom. The molecule has 3 aromatic heterocycles. The number of hydrogen-bond acceptors (Lipinski definition) is 6. The van der Waals surface area contributed by atoms with E-state index in [4.69, 9.17) is 29.7 Å². The fourth-order valence-corrected chi connectivity index (χ4v) is 7.36. The Kier molecular flexibility index (Phi) is 11.1. The summed E-state index contributed by atoms with van der Waals surface area (Å²) >= 11 is 0. The number of Topliss-reactive ketones (excluding diaryl/α,β-unsaturated/α-hetero) is 1. The molecule has 0 spiro atoms. The Morgan fingerprint density at radius 1 is 0.980 bits per heavy atom. The van der Waals surface area contributed by atoms with Crippen LogP contribution in [0.5, 0.6) is 0 Å². The maximum absolute atomic E-state index is 14.2. The smallest absolute Gasteiger partial charge is 0.664 e. The fourth-order valence-electron chi connectivity index (χ4n) is 7.36. The number of fused-ring (bicyclic) bond motifs is 7. The summed E-state index contributed by atoms with van der Waals surface area (Å²) in [4.78, 5) is 55.4. The molecule has 11 heteroatoms. The monoisotopic (exact) mass is 698 g/mol. The van der Waals surface area contributed by atoms with Gasteiger partial charge in [-0.25, -0.2) is 0 Å². The first-order valence-corrected chi connectivity index (χ1v) is 17.0. The third-order valence-electron chi connectivity index (χ3n) is 10.2. The van der Waals surface area contributed by atoms with Crippen molar-refractivity contribution < 1.29 is 29.0 Å². The van der Waals surface area contributed by atoms with E-state index in [1.807, 2.05) is 52.8 Å². The van der Waals surface area contributed by atoms with Crippen LogP contribution in [0.4, 0.5) is 0 Å². The van der Waals surface area contributed by atoms with Crippen LogP contribution in [-0.2, 0) is 25.5 Å². The largest absolute Gasteiger partial charge is 2.00 e. The number of hydrogen-bond donors (Lipinski definition) is 1. The van der Waals surface area contributed by atoms with Gasteiger partial charge in [-0.1, -0.05) is 65.5 Å². The van der Waals surface area contributed by atoms with Gasteiger partial charge >= 0.3 is 35.0 Å². The van der Waals surface area contributed by atoms with Gasteiger partial charge in [-0.2, -0.15) is 11.4 Å². The molecule has 3 aliphatic rings. The number of carbonyl (C=O) groups is 3. The summed E-state index contributed by atoms with van der Waals surface area (Å²) in [5.41, 5.74) is 9.54. The van der Waals surface area contributed by atoms with E-state index in [0.29, 0.717) is 63.7 Å². The normalized spacial score (nSPS) is 22.7. The number of methoxy groups -OCH3 is 1. The van der Waals surface area contributed by atoms with Crippen molar-refractivity contribution >= 4 is 70.7 Å². The number of rotatable bonds is 9. The molecule has 0 radical (unpaired) electrons. The van der Waals surface area contributed by atoms with E-state index < -0.39 is 11.9 Å². The minimum atomic E-state index is -1.24. The summed E-state index contributed by atoms with van der Waals surface area (Å²) in [6, 6.07) is 0. The van der Waals surface area contributed by atoms with Gasteiger partial charge in [0.05, 0.1) is 20.0 Å². The SMILES string of the molecule is C=C(C)CCOC(=O)CC[C@@H]1/C2=C3/c4[n-]c(c(C)c4C(=O)[C@@H]3C(=O)OC)/C=c3\[n-]/c(c(C)c3CC)=C\c3[n-]c(c(C)c3/C=C/O)/C=C(\[N-]2)[C@H]1C.[Mg+2]. The van der Waals surface area contributed by atoms with Crippen LogP contribution in [0.2, 0.25) is 0 Å². The fraction of sp³-hybridized carbons (Fsp3) is 0.375. The maximum Gasteiger partial charge on any atom is 2.00 e. The van der Waals surface area contributed by atoms with Gasteiger partial charge in [-0.05, 0) is 64.0 Å². The molecule has 10 nitrogen and oxygen atoms in total. The van der Waals surface area contributed by atoms with Crippen molar-refractivity contribution in [1.82, 2.24) is 15.0 Å². The number of aliphatic hydroxyl groups excluding tert-OH is 1. The van der Waals surface area contributed by atoms with E-state index in [1.165, 1.54) is 7.11 Å². The summed E-state index contributed by atoms with van der Waals surface area (Å²) in [5, 5.41) is 16.4. The number of allylic oxidation sites excluding steroid dienone is 2. The molecule has 0 saturated carbocycles. The van der Waals surface area contributed by atoms with E-state index in [0.717, 1.165) is 51.2 Å². The molecule has 3 aromatic rings. The molecule has 0 amide bonds. The van der Waals surface area contributed by atoms with Gasteiger partial charge in [0.15, 0.2) is 5.78 Å². The van der Waals surface area contributed by atoms with Gasteiger partial charge in [0, 0.05) is 18.4 Å². The molecular formula is C40H42MgN4O6-2. The molecular weight excluding hydrogens is 657 g/mol. The second kappa shape index (κ2) is 15.0. The van der Waals surface area contributed by atoms with E-state index >= 15 is 0 Å². The number of esters is 2. The summed E-state index contributed by atoms with van der Waals surface area (Å²) in [6.45, 7) is 15.9. The third-order valence-corrected chi connectivity index (χ3v) is 10.2. The van der Waals surface area contributed by atoms with Gasteiger partial charge in [-0.3, -0.25) is 14.4 Å². The quantitative estimate of drug-likeness (QED) is 0.109. The molecule has 1 saturated heterocycles. The minimum Gasteiger partial charge on any atom is -0.664 e. The first-order chi connectivity index (χ1) is 23.9. The van der Waals surface area contributed by atoms with Crippen molar-refractivity contribution in [2.75, 3.05) is 13.7 Å². The van der Waals surface area contributed by atoms with Crippen molar-refractivity contribution in [3.8, 4) is 0 Å². The molecule has 1 N–H and O–H groups in total. The van der Waals surface area contributed by atoms with Crippen molar-refractivity contribution in [2.45, 2.75) is 67.2 Å². The second-order valence-corrected chi connectivity index (χ2v) is 13.4. The van der Waals surface area contributed by atoms with Crippen LogP contribution in [0.25, 0.3) is 35.2 Å². The molecule has 2 aliphatic heterocycles. The zero-order chi connectivity index (χ0) is 36.0. The number of ether oxygens (including phenoxy) is 2. The third kappa shape index (κ3) is 6.69. The zero-order valence-electron chi connectivity index (χ0n) is 30.3. The van der Waals surface area contributed by atoms with Gasteiger partial charge in [0.25, 0.3) is 0 Å². The standard InChI is InChI=1S/C40H43N4O6.Mg/c1-9-24-20(4)28-17-32-25(12-14-45)21(5)27(42-32)16-29-22(6)26(10-11-33(46)50-15-13-19(2)3)37(43-29)35-36(40(48)49-8)39(47)34-23(7)30(44-38(34)35)18-31(24)41-28;/h12,14,16-18,22,26,36H,2,9-11,13,15H2,1,3-8H3,(H2-,43,44,45,47);/q-3;+2/p-1/b14-12+,28-17-,29-16-,31-18-;/t22-,26-,36+;/m0./s1. The maximum atomic E-state index is 14.2. The van der Waals surface area contributed by atoms with Crippen LogP contribution in [0.1, 0.15) is 101 Å². The molecule has 8 bridgehead atoms. The molecule has 0 aromatic carbocycles. The topological polar surface area (TPSA) is 146 Å². The molecule has 5 heterocycles. The van der Waals surface area contributed by atoms with Crippen LogP contribution in [-0.4, -0.2) is 59.6 Å². The van der Waals surface area contributed by atoms with E-state index in [2.05, 4.69) is 13.5 Å². The van der Waals surface area contributed by atoms with Crippen LogP contribution in [0.3, 0.4) is 0 Å². The summed E-state index contributed by atoms with van der Waals surface area (Å²) in [5.74, 6) is -3.21. The first kappa shape index (κ1) is 37.8. The van der Waals surface area contributed by atoms with Gasteiger partial charge in [0.2, 0.25) is 0 Å². The summed E-state index contributed by atoms with van der Waals surface area (Å²) < 4.78 is 10.7. The van der Waals surface area contributed by atoms with Crippen LogP contribution in [0.15, 0.2) is 29.8 Å². The van der Waals surface area contributed by atoms with E-state index in [-0.39, 0.29) is 59.7 Å². The molecule has 3 atom stereocenters. The molecule has 6 rings (SSSR count). The zero-order valence-corrected chi connectivity index (χ0v) is 31.8.